The number of benzene rings is 3. The largest absolute Gasteiger partial charge is 0.365 e. The number of imidazole rings is 1. The van der Waals surface area contributed by atoms with Gasteiger partial charge in [0.1, 0.15) is 19.2 Å². The highest BCUT2D eigenvalue weighted by Gasteiger charge is 2.32. The standard InChI is InChI=1S/C34H40Cl2N4O4SSi/c1-37-28-8-6-7-27(19-28)24-9-11-25(12-10-24)34(26-13-15-39(16-14-26)45(2,41)42)44-22-33-38-31-20-29(35)30(36)21-32(31)40(33)23-43-17-18-46(3,4)5/h6-12,19-21,26,34H,13-18,22-23H2,2-5H3. The lowest BCUT2D eigenvalue weighted by Crippen LogP contribution is -2.39. The van der Waals surface area contributed by atoms with Crippen LogP contribution in [-0.2, 0) is 32.8 Å². The highest BCUT2D eigenvalue weighted by Crippen LogP contribution is 2.37. The smallest absolute Gasteiger partial charge is 0.211 e. The molecule has 244 valence electrons. The van der Waals surface area contributed by atoms with Gasteiger partial charge in [-0.25, -0.2) is 22.6 Å². The van der Waals surface area contributed by atoms with Crippen LogP contribution in [0.2, 0.25) is 35.7 Å². The molecule has 12 heteroatoms. The van der Waals surface area contributed by atoms with Crippen molar-refractivity contribution in [2.45, 2.75) is 58.0 Å². The summed E-state index contributed by atoms with van der Waals surface area (Å²) in [5.41, 5.74) is 5.11. The molecule has 1 unspecified atom stereocenters. The average molecular weight is 700 g/mol. The van der Waals surface area contributed by atoms with Crippen LogP contribution in [0, 0.1) is 12.5 Å². The van der Waals surface area contributed by atoms with Crippen LogP contribution < -0.4 is 0 Å². The fourth-order valence-corrected chi connectivity index (χ4v) is 7.70. The summed E-state index contributed by atoms with van der Waals surface area (Å²) in [6, 6.07) is 20.4. The number of sulfonamides is 1. The van der Waals surface area contributed by atoms with Gasteiger partial charge in [0.15, 0.2) is 5.69 Å². The molecule has 3 aromatic carbocycles. The van der Waals surface area contributed by atoms with Crippen molar-refractivity contribution in [3.8, 4) is 11.1 Å². The fraction of sp³-hybridized carbons (Fsp3) is 0.412. The summed E-state index contributed by atoms with van der Waals surface area (Å²) in [4.78, 5) is 8.44. The van der Waals surface area contributed by atoms with Crippen molar-refractivity contribution in [2.24, 2.45) is 5.92 Å². The van der Waals surface area contributed by atoms with Crippen molar-refractivity contribution in [3.05, 3.63) is 93.5 Å². The lowest BCUT2D eigenvalue weighted by Gasteiger charge is -2.35. The van der Waals surface area contributed by atoms with E-state index in [1.165, 1.54) is 6.26 Å². The van der Waals surface area contributed by atoms with E-state index >= 15 is 0 Å². The maximum Gasteiger partial charge on any atom is 0.211 e. The van der Waals surface area contributed by atoms with Crippen LogP contribution in [0.3, 0.4) is 0 Å². The maximum atomic E-state index is 12.2. The zero-order valence-corrected chi connectivity index (χ0v) is 30.0. The third-order valence-corrected chi connectivity index (χ3v) is 12.2. The van der Waals surface area contributed by atoms with Gasteiger partial charge in [-0.05, 0) is 59.7 Å². The van der Waals surface area contributed by atoms with Gasteiger partial charge in [0.25, 0.3) is 0 Å². The molecule has 1 saturated heterocycles. The number of hydrogen-bond donors (Lipinski definition) is 0. The van der Waals surface area contributed by atoms with Gasteiger partial charge in [-0.3, -0.25) is 0 Å². The zero-order valence-electron chi connectivity index (χ0n) is 26.7. The third-order valence-electron chi connectivity index (χ3n) is 8.42. The molecule has 0 N–H and O–H groups in total. The summed E-state index contributed by atoms with van der Waals surface area (Å²) in [5.74, 6) is 0.802. The van der Waals surface area contributed by atoms with E-state index in [1.54, 1.807) is 16.4 Å². The van der Waals surface area contributed by atoms with E-state index in [1.807, 2.05) is 41.0 Å². The van der Waals surface area contributed by atoms with Crippen molar-refractivity contribution >= 4 is 58.0 Å². The molecule has 0 saturated carbocycles. The Kier molecular flexibility index (Phi) is 10.9. The Balaban J connectivity index is 1.42. The summed E-state index contributed by atoms with van der Waals surface area (Å²) in [6.07, 6.45) is 2.32. The van der Waals surface area contributed by atoms with Gasteiger partial charge in [-0.1, -0.05) is 85.3 Å². The van der Waals surface area contributed by atoms with E-state index in [-0.39, 0.29) is 18.6 Å². The molecule has 0 radical (unpaired) electrons. The van der Waals surface area contributed by atoms with Gasteiger partial charge >= 0.3 is 0 Å². The summed E-state index contributed by atoms with van der Waals surface area (Å²) < 4.78 is 40.9. The van der Waals surface area contributed by atoms with Crippen LogP contribution in [0.4, 0.5) is 5.69 Å². The molecular weight excluding hydrogens is 659 g/mol. The highest BCUT2D eigenvalue weighted by molar-refractivity contribution is 7.88. The van der Waals surface area contributed by atoms with Crippen LogP contribution in [0.1, 0.15) is 30.3 Å². The molecule has 1 aromatic heterocycles. The molecular formula is C34H40Cl2N4O4SSi. The average Bonchev–Trinajstić information content (AvgIpc) is 3.34. The first-order valence-electron chi connectivity index (χ1n) is 15.4. The Morgan fingerprint density at radius 3 is 2.37 bits per heavy atom. The number of piperidine rings is 1. The van der Waals surface area contributed by atoms with Crippen LogP contribution in [0.25, 0.3) is 27.0 Å². The molecule has 1 atom stereocenters. The Bertz CT molecular complexity index is 1830. The van der Waals surface area contributed by atoms with Crippen molar-refractivity contribution in [1.29, 1.82) is 0 Å². The summed E-state index contributed by atoms with van der Waals surface area (Å²) in [7, 11) is -4.52. The number of halogens is 2. The van der Waals surface area contributed by atoms with Crippen molar-refractivity contribution in [2.75, 3.05) is 26.0 Å². The Morgan fingerprint density at radius 1 is 1.02 bits per heavy atom. The summed E-state index contributed by atoms with van der Waals surface area (Å²) >= 11 is 12.8. The van der Waals surface area contributed by atoms with Crippen LogP contribution in [0.15, 0.2) is 60.7 Å². The molecule has 0 spiro atoms. The van der Waals surface area contributed by atoms with E-state index < -0.39 is 18.1 Å². The van der Waals surface area contributed by atoms with E-state index in [0.29, 0.717) is 66.3 Å². The normalized spacial score (nSPS) is 15.7. The molecule has 46 heavy (non-hydrogen) atoms. The first-order valence-corrected chi connectivity index (χ1v) is 21.7. The van der Waals surface area contributed by atoms with Gasteiger partial charge < -0.3 is 14.0 Å². The van der Waals surface area contributed by atoms with Gasteiger partial charge in [0.05, 0.1) is 40.0 Å². The van der Waals surface area contributed by atoms with E-state index in [0.717, 1.165) is 28.3 Å². The molecule has 0 amide bonds. The third kappa shape index (κ3) is 8.58. The summed E-state index contributed by atoms with van der Waals surface area (Å²) in [6.45, 7) is 16.4. The molecule has 1 aliphatic heterocycles. The first kappa shape index (κ1) is 34.6. The predicted molar refractivity (Wildman–Crippen MR) is 189 cm³/mol. The Labute approximate surface area is 283 Å². The SMILES string of the molecule is [C-]#[N+]c1cccc(-c2ccc(C(OCc3nc4cc(Cl)c(Cl)cc4n3COCC[Si](C)(C)C)C3CCN(S(C)(=O)=O)CC3)cc2)c1. The first-order chi connectivity index (χ1) is 21.8. The quantitative estimate of drug-likeness (QED) is 0.0840. The monoisotopic (exact) mass is 698 g/mol. The molecule has 0 bridgehead atoms. The van der Waals surface area contributed by atoms with E-state index in [4.69, 9.17) is 44.2 Å². The van der Waals surface area contributed by atoms with Gasteiger partial charge in [-0.15, -0.1) is 0 Å². The zero-order chi connectivity index (χ0) is 33.1. The second kappa shape index (κ2) is 14.6. The molecule has 1 fully saturated rings. The lowest BCUT2D eigenvalue weighted by molar-refractivity contribution is -0.0213. The van der Waals surface area contributed by atoms with Crippen molar-refractivity contribution < 1.29 is 17.9 Å². The van der Waals surface area contributed by atoms with Gasteiger partial charge in [0.2, 0.25) is 10.0 Å². The highest BCUT2D eigenvalue weighted by atomic mass is 35.5. The van der Waals surface area contributed by atoms with Crippen LogP contribution in [-0.4, -0.2) is 56.3 Å². The molecule has 5 rings (SSSR count). The van der Waals surface area contributed by atoms with Gasteiger partial charge in [-0.2, -0.15) is 0 Å². The minimum atomic E-state index is -3.26. The second-order valence-corrected chi connectivity index (χ2v) is 21.5. The number of aromatic nitrogens is 2. The Hall–Kier alpha value is -2.75. The molecule has 1 aliphatic rings. The lowest BCUT2D eigenvalue weighted by atomic mass is 9.87. The minimum Gasteiger partial charge on any atom is -0.365 e. The van der Waals surface area contributed by atoms with Gasteiger partial charge in [0, 0.05) is 27.8 Å². The molecule has 0 aliphatic carbocycles. The fourth-order valence-electron chi connectivity index (χ4n) is 5.76. The molecule has 8 nitrogen and oxygen atoms in total. The van der Waals surface area contributed by atoms with Crippen LogP contribution >= 0.6 is 23.2 Å². The molecule has 2 heterocycles. The molecule has 4 aromatic rings. The number of rotatable bonds is 12. The van der Waals surface area contributed by atoms with Crippen molar-refractivity contribution in [3.63, 3.8) is 0 Å². The Morgan fingerprint density at radius 2 is 1.72 bits per heavy atom. The number of fused-ring (bicyclic) bond motifs is 1. The number of ether oxygens (including phenoxy) is 2. The van der Waals surface area contributed by atoms with E-state index in [9.17, 15) is 8.42 Å². The summed E-state index contributed by atoms with van der Waals surface area (Å²) in [5, 5.41) is 0.880. The predicted octanol–water partition coefficient (Wildman–Crippen LogP) is 8.80. The van der Waals surface area contributed by atoms with E-state index in [2.05, 4.69) is 36.6 Å². The maximum absolute atomic E-state index is 12.2. The minimum absolute atomic E-state index is 0.101. The van der Waals surface area contributed by atoms with Crippen LogP contribution in [0.5, 0.6) is 0 Å². The topological polar surface area (TPSA) is 78.0 Å². The number of hydrogen-bond acceptors (Lipinski definition) is 5. The van der Waals surface area contributed by atoms with Crippen molar-refractivity contribution in [1.82, 2.24) is 13.9 Å². The second-order valence-electron chi connectivity index (χ2n) is 13.1. The number of nitrogens with zero attached hydrogens (tertiary/aromatic N) is 4.